The molecule has 1 aliphatic carbocycles. The smallest absolute Gasteiger partial charge is 0.241 e. The lowest BCUT2D eigenvalue weighted by Gasteiger charge is -2.34. The molecule has 0 saturated heterocycles. The van der Waals surface area contributed by atoms with Crippen molar-refractivity contribution in [1.29, 1.82) is 0 Å². The highest BCUT2D eigenvalue weighted by molar-refractivity contribution is 5.94. The van der Waals surface area contributed by atoms with Gasteiger partial charge in [0.05, 0.1) is 11.7 Å². The first-order chi connectivity index (χ1) is 9.99. The van der Waals surface area contributed by atoms with Gasteiger partial charge < -0.3 is 11.1 Å². The highest BCUT2D eigenvalue weighted by Gasteiger charge is 2.26. The molecular formula is C16H24FN3O. The minimum Gasteiger partial charge on any atom is -0.396 e. The molecule has 1 amide bonds. The van der Waals surface area contributed by atoms with E-state index >= 15 is 0 Å². The number of carbonyl (C=O) groups excluding carboxylic acids is 1. The van der Waals surface area contributed by atoms with E-state index in [0.29, 0.717) is 11.7 Å². The van der Waals surface area contributed by atoms with Gasteiger partial charge in [0.25, 0.3) is 0 Å². The molecule has 116 valence electrons. The normalized spacial score (nSPS) is 17.7. The fraction of sp³-hybridized carbons (Fsp3) is 0.562. The van der Waals surface area contributed by atoms with Gasteiger partial charge in [-0.15, -0.1) is 0 Å². The Balaban J connectivity index is 1.96. The number of nitrogens with two attached hydrogens (primary N) is 1. The van der Waals surface area contributed by atoms with Gasteiger partial charge in [-0.2, -0.15) is 0 Å². The lowest BCUT2D eigenvalue weighted by atomic mass is 9.93. The summed E-state index contributed by atoms with van der Waals surface area (Å²) in [7, 11) is 2.00. The Morgan fingerprint density at radius 2 is 2.05 bits per heavy atom. The molecule has 21 heavy (non-hydrogen) atoms. The van der Waals surface area contributed by atoms with E-state index in [4.69, 9.17) is 5.73 Å². The van der Waals surface area contributed by atoms with Gasteiger partial charge in [-0.1, -0.05) is 19.3 Å². The van der Waals surface area contributed by atoms with Crippen LogP contribution in [0.4, 0.5) is 15.8 Å². The van der Waals surface area contributed by atoms with E-state index in [1.54, 1.807) is 0 Å². The second-order valence-electron chi connectivity index (χ2n) is 5.86. The molecule has 2 rings (SSSR count). The minimum absolute atomic E-state index is 0.0427. The molecular weight excluding hydrogens is 269 g/mol. The molecule has 0 bridgehead atoms. The topological polar surface area (TPSA) is 58.4 Å². The zero-order valence-electron chi connectivity index (χ0n) is 12.7. The molecule has 4 nitrogen and oxygen atoms in total. The fourth-order valence-corrected chi connectivity index (χ4v) is 2.86. The Hall–Kier alpha value is -1.62. The Morgan fingerprint density at radius 1 is 1.38 bits per heavy atom. The average molecular weight is 293 g/mol. The van der Waals surface area contributed by atoms with Crippen molar-refractivity contribution in [2.45, 2.75) is 51.1 Å². The number of hydrogen-bond acceptors (Lipinski definition) is 3. The van der Waals surface area contributed by atoms with Crippen LogP contribution in [0.5, 0.6) is 0 Å². The highest BCUT2D eigenvalue weighted by Crippen LogP contribution is 2.23. The van der Waals surface area contributed by atoms with Crippen molar-refractivity contribution in [3.05, 3.63) is 24.0 Å². The molecule has 1 fully saturated rings. The van der Waals surface area contributed by atoms with Gasteiger partial charge in [-0.3, -0.25) is 9.69 Å². The number of benzene rings is 1. The van der Waals surface area contributed by atoms with Gasteiger partial charge in [-0.25, -0.2) is 4.39 Å². The summed E-state index contributed by atoms with van der Waals surface area (Å²) in [5.41, 5.74) is 6.09. The molecule has 1 aromatic rings. The van der Waals surface area contributed by atoms with Crippen LogP contribution in [0.15, 0.2) is 18.2 Å². The second-order valence-corrected chi connectivity index (χ2v) is 5.86. The Bertz CT molecular complexity index is 500. The summed E-state index contributed by atoms with van der Waals surface area (Å²) in [5.74, 6) is -0.561. The molecule has 3 N–H and O–H groups in total. The standard InChI is InChI=1S/C16H24FN3O/c1-11(20(2)13-6-4-3-5-7-13)16(21)19-12-8-9-14(17)15(18)10-12/h8-11,13H,3-7,18H2,1-2H3,(H,19,21). The molecule has 1 aromatic carbocycles. The molecule has 1 atom stereocenters. The van der Waals surface area contributed by atoms with Crippen LogP contribution in [-0.2, 0) is 4.79 Å². The number of likely N-dealkylation sites (N-methyl/N-ethyl adjacent to an activating group) is 1. The number of carbonyl (C=O) groups is 1. The highest BCUT2D eigenvalue weighted by atomic mass is 19.1. The van der Waals surface area contributed by atoms with Crippen LogP contribution in [0.3, 0.4) is 0 Å². The van der Waals surface area contributed by atoms with Crippen molar-refractivity contribution in [3.8, 4) is 0 Å². The maximum absolute atomic E-state index is 13.1. The van der Waals surface area contributed by atoms with Gasteiger partial charge in [0, 0.05) is 11.7 Å². The SMILES string of the molecule is CC(C(=O)Nc1ccc(F)c(N)c1)N(C)C1CCCCC1. The summed E-state index contributed by atoms with van der Waals surface area (Å²) < 4.78 is 13.1. The number of halogens is 1. The van der Waals surface area contributed by atoms with E-state index in [9.17, 15) is 9.18 Å². The molecule has 5 heteroatoms. The van der Waals surface area contributed by atoms with E-state index in [-0.39, 0.29) is 17.6 Å². The number of nitrogens with zero attached hydrogens (tertiary/aromatic N) is 1. The monoisotopic (exact) mass is 293 g/mol. The fourth-order valence-electron chi connectivity index (χ4n) is 2.86. The molecule has 0 heterocycles. The molecule has 0 spiro atoms. The number of hydrogen-bond donors (Lipinski definition) is 2. The number of anilines is 2. The predicted octanol–water partition coefficient (Wildman–Crippen LogP) is 3.00. The first-order valence-corrected chi connectivity index (χ1v) is 7.57. The van der Waals surface area contributed by atoms with Gasteiger partial charge in [0.2, 0.25) is 5.91 Å². The maximum Gasteiger partial charge on any atom is 0.241 e. The first kappa shape index (κ1) is 15.8. The molecule has 0 aliphatic heterocycles. The van der Waals surface area contributed by atoms with Crippen LogP contribution >= 0.6 is 0 Å². The lowest BCUT2D eigenvalue weighted by Crippen LogP contribution is -2.46. The largest absolute Gasteiger partial charge is 0.396 e. The summed E-state index contributed by atoms with van der Waals surface area (Å²) in [6, 6.07) is 4.48. The average Bonchev–Trinajstić information content (AvgIpc) is 2.50. The maximum atomic E-state index is 13.1. The first-order valence-electron chi connectivity index (χ1n) is 7.57. The third kappa shape index (κ3) is 3.94. The van der Waals surface area contributed by atoms with E-state index < -0.39 is 5.82 Å². The molecule has 0 radical (unpaired) electrons. The molecule has 1 aliphatic rings. The van der Waals surface area contributed by atoms with Crippen LogP contribution in [0.2, 0.25) is 0 Å². The van der Waals surface area contributed by atoms with Gasteiger partial charge in [0.15, 0.2) is 0 Å². The number of nitrogens with one attached hydrogen (secondary N) is 1. The van der Waals surface area contributed by atoms with Crippen LogP contribution in [0.1, 0.15) is 39.0 Å². The van der Waals surface area contributed by atoms with Crippen LogP contribution in [0.25, 0.3) is 0 Å². The van der Waals surface area contributed by atoms with Crippen LogP contribution in [0, 0.1) is 5.82 Å². The third-order valence-electron chi connectivity index (χ3n) is 4.40. The Kier molecular flexibility index (Phi) is 5.17. The predicted molar refractivity (Wildman–Crippen MR) is 83.5 cm³/mol. The van der Waals surface area contributed by atoms with Crippen molar-refractivity contribution in [2.75, 3.05) is 18.1 Å². The van der Waals surface area contributed by atoms with Crippen LogP contribution in [-0.4, -0.2) is 29.9 Å². The van der Waals surface area contributed by atoms with Crippen molar-refractivity contribution in [1.82, 2.24) is 4.90 Å². The second kappa shape index (κ2) is 6.89. The van der Waals surface area contributed by atoms with E-state index in [0.717, 1.165) is 12.8 Å². The van der Waals surface area contributed by atoms with Crippen molar-refractivity contribution < 1.29 is 9.18 Å². The van der Waals surface area contributed by atoms with Crippen molar-refractivity contribution >= 4 is 17.3 Å². The lowest BCUT2D eigenvalue weighted by molar-refractivity contribution is -0.121. The van der Waals surface area contributed by atoms with E-state index in [1.165, 1.54) is 37.5 Å². The zero-order valence-corrected chi connectivity index (χ0v) is 12.7. The molecule has 1 saturated carbocycles. The summed E-state index contributed by atoms with van der Waals surface area (Å²) in [5, 5.41) is 2.80. The number of rotatable bonds is 4. The number of amides is 1. The van der Waals surface area contributed by atoms with E-state index in [1.807, 2.05) is 14.0 Å². The van der Waals surface area contributed by atoms with Gasteiger partial charge >= 0.3 is 0 Å². The van der Waals surface area contributed by atoms with Crippen molar-refractivity contribution in [2.24, 2.45) is 0 Å². The van der Waals surface area contributed by atoms with Gasteiger partial charge in [0.1, 0.15) is 5.82 Å². The summed E-state index contributed by atoms with van der Waals surface area (Å²) >= 11 is 0. The van der Waals surface area contributed by atoms with Crippen LogP contribution < -0.4 is 11.1 Å². The third-order valence-corrected chi connectivity index (χ3v) is 4.40. The summed E-state index contributed by atoms with van der Waals surface area (Å²) in [6.07, 6.45) is 6.06. The van der Waals surface area contributed by atoms with E-state index in [2.05, 4.69) is 10.2 Å². The Morgan fingerprint density at radius 3 is 2.67 bits per heavy atom. The summed E-state index contributed by atoms with van der Waals surface area (Å²) in [6.45, 7) is 1.90. The minimum atomic E-state index is -0.472. The molecule has 0 aromatic heterocycles. The summed E-state index contributed by atoms with van der Waals surface area (Å²) in [4.78, 5) is 14.4. The number of nitrogen functional groups attached to an aromatic ring is 1. The Labute approximate surface area is 125 Å². The zero-order chi connectivity index (χ0) is 15.4. The van der Waals surface area contributed by atoms with Crippen molar-refractivity contribution in [3.63, 3.8) is 0 Å². The van der Waals surface area contributed by atoms with Gasteiger partial charge in [-0.05, 0) is 45.0 Å². The quantitative estimate of drug-likeness (QED) is 0.839. The molecule has 1 unspecified atom stereocenters.